The van der Waals surface area contributed by atoms with Crippen LogP contribution in [-0.4, -0.2) is 60.7 Å². The summed E-state index contributed by atoms with van der Waals surface area (Å²) in [5.74, 6) is 0. The average molecular weight is 430 g/mol. The molecule has 0 radical (unpaired) electrons. The molecule has 3 rings (SSSR count). The molecule has 1 heterocycles. The highest BCUT2D eigenvalue weighted by molar-refractivity contribution is 5.55. The lowest BCUT2D eigenvalue weighted by atomic mass is 9.92. The summed E-state index contributed by atoms with van der Waals surface area (Å²) in [5, 5.41) is 17.2. The van der Waals surface area contributed by atoms with Crippen molar-refractivity contribution >= 4 is 17.7 Å². The quantitative estimate of drug-likeness (QED) is 0.390. The van der Waals surface area contributed by atoms with Crippen LogP contribution in [0.1, 0.15) is 31.2 Å². The minimum atomic E-state index is -4.80. The number of ether oxygens (including phenoxy) is 1. The van der Waals surface area contributed by atoms with Crippen LogP contribution in [0.15, 0.2) is 18.2 Å². The number of rotatable bonds is 7. The first-order chi connectivity index (χ1) is 14.3. The SMILES string of the molecule is O=CCN1CCNCC1OC1CCC(Nc2ccc([N+](=O)[O-])c(C(F)(F)F)c2)CC1. The van der Waals surface area contributed by atoms with Gasteiger partial charge in [-0.1, -0.05) is 0 Å². The third-order valence-electron chi connectivity index (χ3n) is 5.50. The van der Waals surface area contributed by atoms with E-state index in [1.807, 2.05) is 4.90 Å². The summed E-state index contributed by atoms with van der Waals surface area (Å²) >= 11 is 0. The van der Waals surface area contributed by atoms with Crippen molar-refractivity contribution in [1.82, 2.24) is 10.2 Å². The lowest BCUT2D eigenvalue weighted by molar-refractivity contribution is -0.388. The van der Waals surface area contributed by atoms with Gasteiger partial charge in [-0.3, -0.25) is 15.0 Å². The molecule has 2 fully saturated rings. The first-order valence-corrected chi connectivity index (χ1v) is 9.94. The van der Waals surface area contributed by atoms with E-state index in [9.17, 15) is 28.1 Å². The van der Waals surface area contributed by atoms with Crippen molar-refractivity contribution in [3.05, 3.63) is 33.9 Å². The molecule has 1 saturated carbocycles. The first-order valence-electron chi connectivity index (χ1n) is 9.94. The minimum Gasteiger partial charge on any atom is -0.382 e. The van der Waals surface area contributed by atoms with Crippen LogP contribution < -0.4 is 10.6 Å². The van der Waals surface area contributed by atoms with E-state index in [1.54, 1.807) is 0 Å². The normalized spacial score (nSPS) is 25.6. The number of anilines is 1. The van der Waals surface area contributed by atoms with Crippen LogP contribution in [-0.2, 0) is 15.7 Å². The van der Waals surface area contributed by atoms with E-state index in [4.69, 9.17) is 4.74 Å². The molecule has 11 heteroatoms. The number of hydrogen-bond donors (Lipinski definition) is 2. The molecule has 1 aliphatic heterocycles. The number of nitrogens with zero attached hydrogens (tertiary/aromatic N) is 2. The van der Waals surface area contributed by atoms with Gasteiger partial charge in [0.05, 0.1) is 17.6 Å². The van der Waals surface area contributed by atoms with Gasteiger partial charge >= 0.3 is 6.18 Å². The molecule has 0 amide bonds. The van der Waals surface area contributed by atoms with Gasteiger partial charge in [0.25, 0.3) is 5.69 Å². The second kappa shape index (κ2) is 9.71. The van der Waals surface area contributed by atoms with Gasteiger partial charge in [-0.15, -0.1) is 0 Å². The summed E-state index contributed by atoms with van der Waals surface area (Å²) in [6.07, 6.45) is -1.19. The number of alkyl halides is 3. The molecule has 2 aliphatic rings. The zero-order valence-corrected chi connectivity index (χ0v) is 16.4. The van der Waals surface area contributed by atoms with Crippen molar-refractivity contribution in [2.75, 3.05) is 31.5 Å². The molecule has 8 nitrogen and oxygen atoms in total. The number of nitrogens with one attached hydrogen (secondary N) is 2. The Kier molecular flexibility index (Phi) is 7.27. The average Bonchev–Trinajstić information content (AvgIpc) is 2.70. The Hall–Kier alpha value is -2.24. The highest BCUT2D eigenvalue weighted by atomic mass is 19.4. The number of benzene rings is 1. The third kappa shape index (κ3) is 5.67. The van der Waals surface area contributed by atoms with E-state index in [1.165, 1.54) is 6.07 Å². The fraction of sp³-hybridized carbons (Fsp3) is 0.632. The predicted molar refractivity (Wildman–Crippen MR) is 103 cm³/mol. The molecular weight excluding hydrogens is 405 g/mol. The van der Waals surface area contributed by atoms with Crippen molar-refractivity contribution in [2.24, 2.45) is 0 Å². The molecule has 166 valence electrons. The van der Waals surface area contributed by atoms with Gasteiger partial charge in [-0.2, -0.15) is 13.2 Å². The van der Waals surface area contributed by atoms with Gasteiger partial charge in [0.2, 0.25) is 0 Å². The minimum absolute atomic E-state index is 0.0182. The van der Waals surface area contributed by atoms with Crippen LogP contribution in [0, 0.1) is 10.1 Å². The Morgan fingerprint density at radius 2 is 2.03 bits per heavy atom. The van der Waals surface area contributed by atoms with Gasteiger partial charge in [0.15, 0.2) is 0 Å². The molecule has 0 aromatic heterocycles. The van der Waals surface area contributed by atoms with Crippen molar-refractivity contribution in [2.45, 2.75) is 50.2 Å². The van der Waals surface area contributed by atoms with Crippen LogP contribution in [0.25, 0.3) is 0 Å². The molecule has 1 aromatic carbocycles. The third-order valence-corrected chi connectivity index (χ3v) is 5.50. The Labute approximate surface area is 171 Å². The topological polar surface area (TPSA) is 96.7 Å². The Morgan fingerprint density at radius 3 is 2.67 bits per heavy atom. The molecule has 1 saturated heterocycles. The lowest BCUT2D eigenvalue weighted by Crippen LogP contribution is -2.54. The summed E-state index contributed by atoms with van der Waals surface area (Å²) in [7, 11) is 0. The first kappa shape index (κ1) is 22.4. The fourth-order valence-electron chi connectivity index (χ4n) is 3.97. The van der Waals surface area contributed by atoms with E-state index in [2.05, 4.69) is 10.6 Å². The monoisotopic (exact) mass is 430 g/mol. The standard InChI is InChI=1S/C19H25F3N4O4/c20-19(21,22)16-11-14(3-6-17(16)26(28)29)24-13-1-4-15(5-2-13)30-18-12-23-7-8-25(18)9-10-27/h3,6,10-11,13,15,18,23-24H,1-2,4-5,7-9,12H2. The molecule has 2 N–H and O–H groups in total. The number of halogens is 3. The summed E-state index contributed by atoms with van der Waals surface area (Å²) < 4.78 is 45.6. The van der Waals surface area contributed by atoms with Crippen LogP contribution in [0.5, 0.6) is 0 Å². The van der Waals surface area contributed by atoms with Gasteiger partial charge in [-0.25, -0.2) is 0 Å². The zero-order valence-electron chi connectivity index (χ0n) is 16.4. The van der Waals surface area contributed by atoms with Crippen LogP contribution in [0.4, 0.5) is 24.5 Å². The van der Waals surface area contributed by atoms with Crippen molar-refractivity contribution < 1.29 is 27.6 Å². The zero-order chi connectivity index (χ0) is 21.7. The van der Waals surface area contributed by atoms with Gasteiger partial charge in [-0.05, 0) is 37.8 Å². The maximum Gasteiger partial charge on any atom is 0.423 e. The molecule has 1 aliphatic carbocycles. The number of hydrogen-bond acceptors (Lipinski definition) is 7. The smallest absolute Gasteiger partial charge is 0.382 e. The van der Waals surface area contributed by atoms with Gasteiger partial charge < -0.3 is 20.2 Å². The lowest BCUT2D eigenvalue weighted by Gasteiger charge is -2.39. The highest BCUT2D eigenvalue weighted by Gasteiger charge is 2.38. The maximum absolute atomic E-state index is 13.1. The molecule has 0 spiro atoms. The van der Waals surface area contributed by atoms with Gasteiger partial charge in [0.1, 0.15) is 18.1 Å². The van der Waals surface area contributed by atoms with Crippen molar-refractivity contribution in [1.29, 1.82) is 0 Å². The second-order valence-corrected chi connectivity index (χ2v) is 7.56. The van der Waals surface area contributed by atoms with Gasteiger partial charge in [0, 0.05) is 37.4 Å². The summed E-state index contributed by atoms with van der Waals surface area (Å²) in [4.78, 5) is 22.7. The molecule has 1 atom stereocenters. The van der Waals surface area contributed by atoms with E-state index in [0.717, 1.165) is 44.4 Å². The summed E-state index contributed by atoms with van der Waals surface area (Å²) in [6, 6.07) is 2.95. The number of aldehydes is 1. The van der Waals surface area contributed by atoms with Crippen molar-refractivity contribution in [3.8, 4) is 0 Å². The van der Waals surface area contributed by atoms with E-state index < -0.39 is 22.4 Å². The number of carbonyl (C=O) groups excluding carboxylic acids is 1. The van der Waals surface area contributed by atoms with E-state index in [-0.39, 0.29) is 24.1 Å². The predicted octanol–water partition coefficient (Wildman–Crippen LogP) is 2.78. The van der Waals surface area contributed by atoms with Crippen molar-refractivity contribution in [3.63, 3.8) is 0 Å². The largest absolute Gasteiger partial charge is 0.423 e. The number of piperazine rings is 1. The fourth-order valence-corrected chi connectivity index (χ4v) is 3.97. The second-order valence-electron chi connectivity index (χ2n) is 7.56. The molecule has 0 bridgehead atoms. The van der Waals surface area contributed by atoms with E-state index in [0.29, 0.717) is 25.9 Å². The summed E-state index contributed by atoms with van der Waals surface area (Å²) in [6.45, 7) is 2.52. The number of nitro groups is 1. The van der Waals surface area contributed by atoms with Crippen LogP contribution >= 0.6 is 0 Å². The number of nitro benzene ring substituents is 1. The highest BCUT2D eigenvalue weighted by Crippen LogP contribution is 2.38. The molecule has 1 unspecified atom stereocenters. The Balaban J connectivity index is 1.56. The van der Waals surface area contributed by atoms with Crippen LogP contribution in [0.2, 0.25) is 0 Å². The summed E-state index contributed by atoms with van der Waals surface area (Å²) in [5.41, 5.74) is -1.99. The molecule has 1 aromatic rings. The number of carbonyl (C=O) groups is 1. The Bertz CT molecular complexity index is 754. The Morgan fingerprint density at radius 1 is 1.30 bits per heavy atom. The molecule has 30 heavy (non-hydrogen) atoms. The van der Waals surface area contributed by atoms with Crippen LogP contribution in [0.3, 0.4) is 0 Å². The molecular formula is C19H25F3N4O4. The van der Waals surface area contributed by atoms with E-state index >= 15 is 0 Å². The maximum atomic E-state index is 13.1.